The fraction of sp³-hybridized carbons (Fsp3) is 0.600. The van der Waals surface area contributed by atoms with E-state index < -0.39 is 22.0 Å². The Bertz CT molecular complexity index is 923. The Morgan fingerprint density at radius 1 is 1.16 bits per heavy atom. The lowest BCUT2D eigenvalue weighted by atomic mass is 10.1. The first-order chi connectivity index (χ1) is 14.8. The normalized spacial score (nSPS) is 23.2. The second-order valence-electron chi connectivity index (χ2n) is 7.91. The topological polar surface area (TPSA) is 107 Å². The maximum atomic E-state index is 12.5. The van der Waals surface area contributed by atoms with Gasteiger partial charge in [0, 0.05) is 32.2 Å². The van der Waals surface area contributed by atoms with Gasteiger partial charge in [0.15, 0.2) is 9.84 Å². The molecule has 2 N–H and O–H groups in total. The smallest absolute Gasteiger partial charge is 0.475 e. The van der Waals surface area contributed by atoms with Gasteiger partial charge < -0.3 is 20.2 Å². The van der Waals surface area contributed by atoms with Gasteiger partial charge in [-0.15, -0.1) is 0 Å². The SMILES string of the molecule is Cc1ccccc1CNC(=O)N1CC[C@@H]2[C@H](CC1)N(C)CCS2(=O)=O.O=C(O)C(F)(F)F. The highest BCUT2D eigenvalue weighted by Crippen LogP contribution is 2.27. The van der Waals surface area contributed by atoms with E-state index in [1.807, 2.05) is 38.2 Å². The number of alkyl halides is 3. The van der Waals surface area contributed by atoms with Crippen LogP contribution in [0.4, 0.5) is 18.0 Å². The van der Waals surface area contributed by atoms with Crippen molar-refractivity contribution in [3.8, 4) is 0 Å². The van der Waals surface area contributed by atoms with E-state index in [1.54, 1.807) is 4.90 Å². The van der Waals surface area contributed by atoms with Crippen LogP contribution in [0, 0.1) is 6.92 Å². The number of hydrogen-bond donors (Lipinski definition) is 2. The molecule has 2 atom stereocenters. The molecule has 0 aromatic heterocycles. The van der Waals surface area contributed by atoms with E-state index in [-0.39, 0.29) is 23.1 Å². The molecule has 3 rings (SSSR count). The number of likely N-dealkylation sites (tertiary alicyclic amines) is 1. The summed E-state index contributed by atoms with van der Waals surface area (Å²) < 4.78 is 56.5. The van der Waals surface area contributed by atoms with Gasteiger partial charge in [0.25, 0.3) is 0 Å². The largest absolute Gasteiger partial charge is 0.490 e. The standard InChI is InChI=1S/C18H27N3O3S.C2HF3O2/c1-14-5-3-4-6-15(14)13-19-18(22)21-9-7-16-17(8-10-21)25(23,24)12-11-20(16)2;3-2(4,5)1(6)7/h3-6,16-17H,7-13H2,1-2H3,(H,19,22);(H,6,7)/t16-,17+;/m0./s1. The average molecular weight is 480 g/mol. The summed E-state index contributed by atoms with van der Waals surface area (Å²) in [6, 6.07) is 7.89. The van der Waals surface area contributed by atoms with Crippen molar-refractivity contribution in [2.24, 2.45) is 0 Å². The molecule has 2 amide bonds. The lowest BCUT2D eigenvalue weighted by molar-refractivity contribution is -0.192. The molecule has 2 saturated heterocycles. The predicted octanol–water partition coefficient (Wildman–Crippen LogP) is 2.03. The molecule has 12 heteroatoms. The van der Waals surface area contributed by atoms with Gasteiger partial charge in [-0.3, -0.25) is 0 Å². The Morgan fingerprint density at radius 3 is 2.34 bits per heavy atom. The van der Waals surface area contributed by atoms with Crippen LogP contribution in [0.2, 0.25) is 0 Å². The highest BCUT2D eigenvalue weighted by molar-refractivity contribution is 7.92. The van der Waals surface area contributed by atoms with Crippen molar-refractivity contribution >= 4 is 21.8 Å². The molecule has 2 aliphatic rings. The Hall–Kier alpha value is -2.34. The second-order valence-corrected chi connectivity index (χ2v) is 10.2. The van der Waals surface area contributed by atoms with Gasteiger partial charge >= 0.3 is 18.2 Å². The van der Waals surface area contributed by atoms with E-state index in [0.717, 1.165) is 11.1 Å². The van der Waals surface area contributed by atoms with Crippen molar-refractivity contribution < 1.29 is 36.3 Å². The number of carboxylic acid groups (broad SMARTS) is 1. The number of carbonyl (C=O) groups excluding carboxylic acids is 1. The number of benzene rings is 1. The summed E-state index contributed by atoms with van der Waals surface area (Å²) in [7, 11) is -1.06. The number of nitrogens with zero attached hydrogens (tertiary/aromatic N) is 2. The number of nitrogens with one attached hydrogen (secondary N) is 1. The fourth-order valence-corrected chi connectivity index (χ4v) is 6.00. The summed E-state index contributed by atoms with van der Waals surface area (Å²) in [6.45, 7) is 4.20. The van der Waals surface area contributed by atoms with Crippen LogP contribution in [-0.2, 0) is 21.2 Å². The molecule has 0 spiro atoms. The van der Waals surface area contributed by atoms with Gasteiger partial charge in [-0.1, -0.05) is 24.3 Å². The molecule has 0 bridgehead atoms. The van der Waals surface area contributed by atoms with Crippen LogP contribution >= 0.6 is 0 Å². The summed E-state index contributed by atoms with van der Waals surface area (Å²) in [5.41, 5.74) is 2.25. The van der Waals surface area contributed by atoms with Crippen molar-refractivity contribution in [2.45, 2.75) is 43.8 Å². The molecule has 1 aromatic rings. The average Bonchev–Trinajstić information content (AvgIpc) is 2.94. The number of halogens is 3. The molecule has 1 aromatic carbocycles. The number of amides is 2. The number of urea groups is 1. The molecule has 180 valence electrons. The number of carboxylic acids is 1. The van der Waals surface area contributed by atoms with Gasteiger partial charge in [-0.05, 0) is 37.9 Å². The molecule has 0 unspecified atom stereocenters. The van der Waals surface area contributed by atoms with Gasteiger partial charge in [-0.2, -0.15) is 13.2 Å². The highest BCUT2D eigenvalue weighted by atomic mass is 32.2. The minimum Gasteiger partial charge on any atom is -0.475 e. The molecule has 0 saturated carbocycles. The molecule has 2 aliphatic heterocycles. The van der Waals surface area contributed by atoms with Crippen LogP contribution in [0.3, 0.4) is 0 Å². The summed E-state index contributed by atoms with van der Waals surface area (Å²) in [6.07, 6.45) is -3.85. The van der Waals surface area contributed by atoms with E-state index in [4.69, 9.17) is 9.90 Å². The van der Waals surface area contributed by atoms with E-state index in [9.17, 15) is 26.4 Å². The maximum Gasteiger partial charge on any atom is 0.490 e. The van der Waals surface area contributed by atoms with Crippen LogP contribution in [0.25, 0.3) is 0 Å². The van der Waals surface area contributed by atoms with Crippen LogP contribution in [0.1, 0.15) is 24.0 Å². The third-order valence-electron chi connectivity index (χ3n) is 5.78. The number of carbonyl (C=O) groups is 2. The van der Waals surface area contributed by atoms with Crippen molar-refractivity contribution in [3.05, 3.63) is 35.4 Å². The molecular weight excluding hydrogens is 451 g/mol. The third kappa shape index (κ3) is 6.83. The Morgan fingerprint density at radius 2 is 1.75 bits per heavy atom. The van der Waals surface area contributed by atoms with Crippen molar-refractivity contribution in [2.75, 3.05) is 32.4 Å². The van der Waals surface area contributed by atoms with Crippen molar-refractivity contribution in [3.63, 3.8) is 0 Å². The van der Waals surface area contributed by atoms with Gasteiger partial charge in [0.1, 0.15) is 0 Å². The van der Waals surface area contributed by atoms with Gasteiger partial charge in [-0.25, -0.2) is 18.0 Å². The van der Waals surface area contributed by atoms with Crippen molar-refractivity contribution in [1.29, 1.82) is 0 Å². The van der Waals surface area contributed by atoms with Crippen LogP contribution < -0.4 is 5.32 Å². The number of aryl methyl sites for hydroxylation is 1. The molecule has 32 heavy (non-hydrogen) atoms. The predicted molar refractivity (Wildman–Crippen MR) is 112 cm³/mol. The third-order valence-corrected chi connectivity index (χ3v) is 8.01. The quantitative estimate of drug-likeness (QED) is 0.672. The Labute approximate surface area is 185 Å². The van der Waals surface area contributed by atoms with E-state index >= 15 is 0 Å². The molecule has 0 radical (unpaired) electrons. The first kappa shape index (κ1) is 25.9. The summed E-state index contributed by atoms with van der Waals surface area (Å²) >= 11 is 0. The molecule has 2 heterocycles. The van der Waals surface area contributed by atoms with Gasteiger partial charge in [0.2, 0.25) is 0 Å². The number of fused-ring (bicyclic) bond motifs is 1. The van der Waals surface area contributed by atoms with Crippen LogP contribution in [0.15, 0.2) is 24.3 Å². The Balaban J connectivity index is 0.000000451. The fourth-order valence-electron chi connectivity index (χ4n) is 3.87. The van der Waals surface area contributed by atoms with E-state index in [0.29, 0.717) is 39.0 Å². The first-order valence-electron chi connectivity index (χ1n) is 10.1. The highest BCUT2D eigenvalue weighted by Gasteiger charge is 2.42. The summed E-state index contributed by atoms with van der Waals surface area (Å²) in [5.74, 6) is -2.53. The Kier molecular flexibility index (Phi) is 8.52. The minimum absolute atomic E-state index is 0.0212. The lowest BCUT2D eigenvalue weighted by Gasteiger charge is -2.37. The zero-order valence-corrected chi connectivity index (χ0v) is 18.7. The van der Waals surface area contributed by atoms with Gasteiger partial charge in [0.05, 0.1) is 11.0 Å². The summed E-state index contributed by atoms with van der Waals surface area (Å²) in [4.78, 5) is 25.3. The van der Waals surface area contributed by atoms with Crippen LogP contribution in [0.5, 0.6) is 0 Å². The minimum atomic E-state index is -5.08. The van der Waals surface area contributed by atoms with Crippen molar-refractivity contribution in [1.82, 2.24) is 15.1 Å². The van der Waals surface area contributed by atoms with Crippen LogP contribution in [-0.4, -0.2) is 85.2 Å². The maximum absolute atomic E-state index is 12.5. The second kappa shape index (κ2) is 10.5. The molecule has 8 nitrogen and oxygen atoms in total. The monoisotopic (exact) mass is 479 g/mol. The van der Waals surface area contributed by atoms with E-state index in [1.165, 1.54) is 0 Å². The molecular formula is C20H28F3N3O5S. The number of sulfone groups is 1. The zero-order chi connectivity index (χ0) is 24.1. The zero-order valence-electron chi connectivity index (χ0n) is 17.9. The number of aliphatic carboxylic acids is 1. The summed E-state index contributed by atoms with van der Waals surface area (Å²) in [5, 5.41) is 9.75. The lowest BCUT2D eigenvalue weighted by Crippen LogP contribution is -2.52. The molecule has 0 aliphatic carbocycles. The number of rotatable bonds is 2. The molecule has 2 fully saturated rings. The number of hydrogen-bond acceptors (Lipinski definition) is 5. The first-order valence-corrected chi connectivity index (χ1v) is 11.8. The van der Waals surface area contributed by atoms with E-state index in [2.05, 4.69) is 10.2 Å².